The molecule has 1 aromatic rings. The van der Waals surface area contributed by atoms with Gasteiger partial charge in [-0.15, -0.1) is 0 Å². The highest BCUT2D eigenvalue weighted by atomic mass is 16.5. The standard InChI is InChI=1S/C27H41N5O12/c33-21(19-44-22-3-1-20(2-4-22)32(17-26(40)41)18-27(42)43)13-28-5-7-29(14-23(34)35)9-11-31(16-25(38)39)12-10-30(8-6-28)15-24(36)37/h1-4,21,33H,5-19H2,(H,34,35)(H,36,37)(H,38,39)(H,40,41)(H,42,43). The van der Waals surface area contributed by atoms with E-state index in [1.54, 1.807) is 14.7 Å². The van der Waals surface area contributed by atoms with Crippen molar-refractivity contribution in [3.05, 3.63) is 24.3 Å². The summed E-state index contributed by atoms with van der Waals surface area (Å²) in [7, 11) is 0. The minimum Gasteiger partial charge on any atom is -0.491 e. The summed E-state index contributed by atoms with van der Waals surface area (Å²) in [5.74, 6) is -5.12. The normalized spacial score (nSPS) is 17.1. The highest BCUT2D eigenvalue weighted by Crippen LogP contribution is 2.19. The molecule has 1 unspecified atom stereocenters. The maximum absolute atomic E-state index is 11.4. The Kier molecular flexibility index (Phi) is 15.3. The molecule has 0 aromatic heterocycles. The van der Waals surface area contributed by atoms with Crippen molar-refractivity contribution in [1.82, 2.24) is 19.6 Å². The quantitative estimate of drug-likeness (QED) is 0.115. The average Bonchev–Trinajstić information content (AvgIpc) is 2.92. The monoisotopic (exact) mass is 627 g/mol. The topological polar surface area (TPSA) is 232 Å². The van der Waals surface area contributed by atoms with Crippen LogP contribution in [0.15, 0.2) is 24.3 Å². The van der Waals surface area contributed by atoms with Crippen LogP contribution in [0.1, 0.15) is 0 Å². The lowest BCUT2D eigenvalue weighted by Crippen LogP contribution is -2.49. The fraction of sp³-hybridized carbons (Fsp3) is 0.593. The average molecular weight is 628 g/mol. The number of carboxylic acid groups (broad SMARTS) is 5. The summed E-state index contributed by atoms with van der Waals surface area (Å²) in [6, 6.07) is 6.07. The van der Waals surface area contributed by atoms with Crippen LogP contribution < -0.4 is 9.64 Å². The Morgan fingerprint density at radius 2 is 0.977 bits per heavy atom. The fourth-order valence-electron chi connectivity index (χ4n) is 4.67. The highest BCUT2D eigenvalue weighted by molar-refractivity contribution is 5.79. The fourth-order valence-corrected chi connectivity index (χ4v) is 4.67. The van der Waals surface area contributed by atoms with Gasteiger partial charge in [0.05, 0.1) is 19.6 Å². The lowest BCUT2D eigenvalue weighted by molar-refractivity contribution is -0.140. The van der Waals surface area contributed by atoms with E-state index >= 15 is 0 Å². The van der Waals surface area contributed by atoms with E-state index in [0.717, 1.165) is 0 Å². The van der Waals surface area contributed by atoms with Gasteiger partial charge in [-0.2, -0.15) is 0 Å². The van der Waals surface area contributed by atoms with Gasteiger partial charge < -0.3 is 40.3 Å². The largest absolute Gasteiger partial charge is 0.491 e. The molecule has 1 aliphatic rings. The molecule has 246 valence electrons. The third-order valence-electron chi connectivity index (χ3n) is 6.77. The Balaban J connectivity index is 2.05. The first-order chi connectivity index (χ1) is 20.8. The second kappa shape index (κ2) is 18.6. The van der Waals surface area contributed by atoms with Crippen molar-refractivity contribution < 1.29 is 59.3 Å². The number of benzene rings is 1. The number of hydrogen-bond acceptors (Lipinski definition) is 12. The van der Waals surface area contributed by atoms with E-state index in [0.29, 0.717) is 37.6 Å². The third kappa shape index (κ3) is 14.9. The Bertz CT molecular complexity index is 1060. The molecular weight excluding hydrogens is 586 g/mol. The van der Waals surface area contributed by atoms with E-state index in [-0.39, 0.29) is 59.0 Å². The van der Waals surface area contributed by atoms with Gasteiger partial charge >= 0.3 is 29.8 Å². The number of aliphatic carboxylic acids is 5. The first-order valence-electron chi connectivity index (χ1n) is 13.9. The van der Waals surface area contributed by atoms with Crippen molar-refractivity contribution in [3.8, 4) is 5.75 Å². The van der Waals surface area contributed by atoms with Crippen molar-refractivity contribution in [2.24, 2.45) is 0 Å². The Labute approximate surface area is 254 Å². The van der Waals surface area contributed by atoms with Crippen molar-refractivity contribution in [1.29, 1.82) is 0 Å². The smallest absolute Gasteiger partial charge is 0.323 e. The number of hydrogen-bond donors (Lipinski definition) is 6. The van der Waals surface area contributed by atoms with E-state index in [9.17, 15) is 44.4 Å². The van der Waals surface area contributed by atoms with Crippen LogP contribution in [0.3, 0.4) is 0 Å². The highest BCUT2D eigenvalue weighted by Gasteiger charge is 2.22. The van der Waals surface area contributed by atoms with E-state index in [2.05, 4.69) is 0 Å². The number of β-amino-alcohol motifs (C(OH)–C–C–N with tert-alkyl or cyclic N) is 1. The van der Waals surface area contributed by atoms with Crippen LogP contribution in [0.4, 0.5) is 5.69 Å². The maximum Gasteiger partial charge on any atom is 0.323 e. The summed E-state index contributed by atoms with van der Waals surface area (Å²) in [5.41, 5.74) is 0.366. The summed E-state index contributed by atoms with van der Waals surface area (Å²) in [5, 5.41) is 56.9. The molecule has 0 saturated carbocycles. The van der Waals surface area contributed by atoms with Gasteiger partial charge in [0.15, 0.2) is 0 Å². The number of carboxylic acids is 5. The first-order valence-corrected chi connectivity index (χ1v) is 13.9. The second-order valence-corrected chi connectivity index (χ2v) is 10.4. The van der Waals surface area contributed by atoms with Gasteiger partial charge in [-0.1, -0.05) is 0 Å². The van der Waals surface area contributed by atoms with Gasteiger partial charge in [-0.05, 0) is 24.3 Å². The first kappa shape index (κ1) is 36.2. The molecule has 0 bridgehead atoms. The molecule has 17 nitrogen and oxygen atoms in total. The number of aliphatic hydroxyl groups is 1. The van der Waals surface area contributed by atoms with Crippen molar-refractivity contribution in [2.45, 2.75) is 6.10 Å². The van der Waals surface area contributed by atoms with Crippen LogP contribution in [0.5, 0.6) is 5.75 Å². The molecule has 1 aromatic carbocycles. The molecular formula is C27H41N5O12. The van der Waals surface area contributed by atoms with Crippen LogP contribution in [0, 0.1) is 0 Å². The molecule has 6 N–H and O–H groups in total. The predicted octanol–water partition coefficient (Wildman–Crippen LogP) is -2.12. The van der Waals surface area contributed by atoms with Crippen molar-refractivity contribution >= 4 is 35.5 Å². The molecule has 1 fully saturated rings. The van der Waals surface area contributed by atoms with Crippen LogP contribution in [0.25, 0.3) is 0 Å². The summed E-state index contributed by atoms with van der Waals surface area (Å²) in [4.78, 5) is 64.5. The minimum atomic E-state index is -1.19. The molecule has 1 atom stereocenters. The zero-order valence-electron chi connectivity index (χ0n) is 24.4. The van der Waals surface area contributed by atoms with Gasteiger partial charge in [0.2, 0.25) is 0 Å². The van der Waals surface area contributed by atoms with Crippen LogP contribution in [-0.4, -0.2) is 184 Å². The lowest BCUT2D eigenvalue weighted by Gasteiger charge is -2.33. The van der Waals surface area contributed by atoms with Crippen LogP contribution >= 0.6 is 0 Å². The number of aliphatic hydroxyl groups excluding tert-OH is 1. The minimum absolute atomic E-state index is 0.119. The van der Waals surface area contributed by atoms with E-state index in [1.807, 2.05) is 4.90 Å². The van der Waals surface area contributed by atoms with E-state index in [4.69, 9.17) is 14.9 Å². The number of nitrogens with zero attached hydrogens (tertiary/aromatic N) is 5. The number of ether oxygens (including phenoxy) is 1. The van der Waals surface area contributed by atoms with Crippen LogP contribution in [-0.2, 0) is 24.0 Å². The Morgan fingerprint density at radius 3 is 1.32 bits per heavy atom. The summed E-state index contributed by atoms with van der Waals surface area (Å²) in [6.45, 7) is 0.682. The van der Waals surface area contributed by atoms with Gasteiger partial charge in [0, 0.05) is 64.6 Å². The Morgan fingerprint density at radius 1 is 0.614 bits per heavy atom. The Hall–Kier alpha value is -4.03. The number of anilines is 1. The number of carbonyl (C=O) groups is 5. The van der Waals surface area contributed by atoms with Gasteiger partial charge in [0.25, 0.3) is 0 Å². The van der Waals surface area contributed by atoms with Crippen molar-refractivity contribution in [3.63, 3.8) is 0 Å². The lowest BCUT2D eigenvalue weighted by atomic mass is 10.2. The molecule has 2 rings (SSSR count). The molecule has 1 aliphatic heterocycles. The molecule has 44 heavy (non-hydrogen) atoms. The maximum atomic E-state index is 11.4. The second-order valence-electron chi connectivity index (χ2n) is 10.4. The summed E-state index contributed by atoms with van der Waals surface area (Å²) < 4.78 is 5.68. The van der Waals surface area contributed by atoms with Gasteiger partial charge in [-0.3, -0.25) is 43.6 Å². The molecule has 0 aliphatic carbocycles. The van der Waals surface area contributed by atoms with E-state index < -0.39 is 49.0 Å². The molecule has 17 heteroatoms. The molecule has 1 saturated heterocycles. The third-order valence-corrected chi connectivity index (χ3v) is 6.77. The summed E-state index contributed by atoms with van der Waals surface area (Å²) >= 11 is 0. The molecule has 0 radical (unpaired) electrons. The van der Waals surface area contributed by atoms with Gasteiger partial charge in [0.1, 0.15) is 31.5 Å². The molecule has 0 amide bonds. The SMILES string of the molecule is O=C(O)CN1CCN(CC(=O)O)CCN(CC(O)COc2ccc(N(CC(=O)O)CC(=O)O)cc2)CCN(CC(=O)O)CC1. The zero-order valence-corrected chi connectivity index (χ0v) is 24.4. The molecule has 1 heterocycles. The summed E-state index contributed by atoms with van der Waals surface area (Å²) in [6.07, 6.45) is -0.981. The van der Waals surface area contributed by atoms with Crippen molar-refractivity contribution in [2.75, 3.05) is 103 Å². The van der Waals surface area contributed by atoms with Gasteiger partial charge in [-0.25, -0.2) is 0 Å². The number of rotatable bonds is 16. The molecule has 0 spiro atoms. The van der Waals surface area contributed by atoms with Crippen LogP contribution in [0.2, 0.25) is 0 Å². The predicted molar refractivity (Wildman–Crippen MR) is 154 cm³/mol. The van der Waals surface area contributed by atoms with E-state index in [1.165, 1.54) is 29.2 Å². The zero-order chi connectivity index (χ0) is 32.6.